The average Bonchev–Trinajstić information content (AvgIpc) is 2.68. The van der Waals surface area contributed by atoms with Crippen molar-refractivity contribution in [3.63, 3.8) is 0 Å². The van der Waals surface area contributed by atoms with Crippen LogP contribution in [0.25, 0.3) is 11.3 Å². The molecule has 5 nitrogen and oxygen atoms in total. The largest absolute Gasteiger partial charge is 0.352 e. The summed E-state index contributed by atoms with van der Waals surface area (Å²) in [5, 5.41) is 5.58. The second kappa shape index (κ2) is 8.80. The molecule has 0 unspecified atom stereocenters. The SMILES string of the molecule is CCNC(=O)c1cccc(NC(=O)c2ccc(-c3cccc(Br)c3)nc2C)c1. The van der Waals surface area contributed by atoms with Gasteiger partial charge >= 0.3 is 0 Å². The van der Waals surface area contributed by atoms with Gasteiger partial charge in [0.15, 0.2) is 0 Å². The first-order valence-electron chi connectivity index (χ1n) is 8.91. The van der Waals surface area contributed by atoms with Crippen LogP contribution in [-0.4, -0.2) is 23.3 Å². The van der Waals surface area contributed by atoms with Crippen molar-refractivity contribution in [1.82, 2.24) is 10.3 Å². The Bertz CT molecular complexity index is 1030. The van der Waals surface area contributed by atoms with Crippen molar-refractivity contribution in [3.05, 3.63) is 82.0 Å². The van der Waals surface area contributed by atoms with E-state index in [9.17, 15) is 9.59 Å². The van der Waals surface area contributed by atoms with Gasteiger partial charge in [0.2, 0.25) is 0 Å². The van der Waals surface area contributed by atoms with Crippen LogP contribution in [0, 0.1) is 6.92 Å². The quantitative estimate of drug-likeness (QED) is 0.600. The van der Waals surface area contributed by atoms with Crippen LogP contribution < -0.4 is 10.6 Å². The molecule has 0 saturated heterocycles. The van der Waals surface area contributed by atoms with Crippen molar-refractivity contribution in [2.75, 3.05) is 11.9 Å². The maximum Gasteiger partial charge on any atom is 0.257 e. The Morgan fingerprint density at radius 1 is 1.00 bits per heavy atom. The number of carbonyl (C=O) groups excluding carboxylic acids is 2. The molecular weight excluding hydrogens is 418 g/mol. The topological polar surface area (TPSA) is 71.1 Å². The minimum absolute atomic E-state index is 0.171. The van der Waals surface area contributed by atoms with Gasteiger partial charge in [-0.1, -0.05) is 34.1 Å². The Balaban J connectivity index is 1.80. The van der Waals surface area contributed by atoms with Gasteiger partial charge in [-0.25, -0.2) is 0 Å². The highest BCUT2D eigenvalue weighted by Crippen LogP contribution is 2.23. The number of halogens is 1. The molecule has 142 valence electrons. The fourth-order valence-corrected chi connectivity index (χ4v) is 3.21. The zero-order valence-corrected chi connectivity index (χ0v) is 17.2. The van der Waals surface area contributed by atoms with Gasteiger partial charge in [0.1, 0.15) is 0 Å². The van der Waals surface area contributed by atoms with E-state index in [0.29, 0.717) is 29.1 Å². The predicted octanol–water partition coefficient (Wildman–Crippen LogP) is 4.82. The number of hydrogen-bond donors (Lipinski definition) is 2. The first-order chi connectivity index (χ1) is 13.5. The summed E-state index contributed by atoms with van der Waals surface area (Å²) in [7, 11) is 0. The van der Waals surface area contributed by atoms with E-state index in [0.717, 1.165) is 15.7 Å². The van der Waals surface area contributed by atoms with E-state index in [1.807, 2.05) is 44.2 Å². The number of nitrogens with one attached hydrogen (secondary N) is 2. The lowest BCUT2D eigenvalue weighted by Crippen LogP contribution is -2.22. The molecule has 0 bridgehead atoms. The molecule has 0 aliphatic heterocycles. The first kappa shape index (κ1) is 19.8. The zero-order chi connectivity index (χ0) is 20.1. The van der Waals surface area contributed by atoms with Crippen molar-refractivity contribution < 1.29 is 9.59 Å². The molecule has 2 aromatic carbocycles. The zero-order valence-electron chi connectivity index (χ0n) is 15.6. The molecule has 0 radical (unpaired) electrons. The maximum atomic E-state index is 12.7. The molecule has 0 atom stereocenters. The average molecular weight is 438 g/mol. The summed E-state index contributed by atoms with van der Waals surface area (Å²) < 4.78 is 0.971. The number of aryl methyl sites for hydroxylation is 1. The van der Waals surface area contributed by atoms with E-state index in [-0.39, 0.29) is 11.8 Å². The van der Waals surface area contributed by atoms with Crippen LogP contribution in [0.4, 0.5) is 5.69 Å². The summed E-state index contributed by atoms with van der Waals surface area (Å²) in [4.78, 5) is 29.2. The van der Waals surface area contributed by atoms with Crippen LogP contribution in [0.1, 0.15) is 33.3 Å². The fraction of sp³-hybridized carbons (Fsp3) is 0.136. The number of anilines is 1. The third kappa shape index (κ3) is 4.64. The van der Waals surface area contributed by atoms with Gasteiger partial charge in [0.05, 0.1) is 17.0 Å². The molecule has 0 aliphatic rings. The van der Waals surface area contributed by atoms with E-state index in [2.05, 4.69) is 31.5 Å². The molecule has 2 N–H and O–H groups in total. The monoisotopic (exact) mass is 437 g/mol. The summed E-state index contributed by atoms with van der Waals surface area (Å²) in [6.45, 7) is 4.21. The molecule has 0 aliphatic carbocycles. The smallest absolute Gasteiger partial charge is 0.257 e. The van der Waals surface area contributed by atoms with Gasteiger partial charge in [-0.05, 0) is 56.3 Å². The molecule has 2 amide bonds. The van der Waals surface area contributed by atoms with Crippen molar-refractivity contribution in [2.45, 2.75) is 13.8 Å². The van der Waals surface area contributed by atoms with Crippen molar-refractivity contribution >= 4 is 33.4 Å². The number of aromatic nitrogens is 1. The minimum Gasteiger partial charge on any atom is -0.352 e. The molecule has 0 saturated carbocycles. The Hall–Kier alpha value is -2.99. The van der Waals surface area contributed by atoms with Gasteiger partial charge < -0.3 is 10.6 Å². The van der Waals surface area contributed by atoms with Crippen molar-refractivity contribution in [2.24, 2.45) is 0 Å². The minimum atomic E-state index is -0.265. The van der Waals surface area contributed by atoms with E-state index < -0.39 is 0 Å². The number of nitrogens with zero attached hydrogens (tertiary/aromatic N) is 1. The lowest BCUT2D eigenvalue weighted by molar-refractivity contribution is 0.0954. The van der Waals surface area contributed by atoms with Crippen molar-refractivity contribution in [3.8, 4) is 11.3 Å². The summed E-state index contributed by atoms with van der Waals surface area (Å²) in [6.07, 6.45) is 0. The Kier molecular flexibility index (Phi) is 6.21. The van der Waals surface area contributed by atoms with Gasteiger partial charge in [0, 0.05) is 27.8 Å². The molecule has 3 aromatic rings. The van der Waals surface area contributed by atoms with Crippen LogP contribution in [0.5, 0.6) is 0 Å². The third-order valence-electron chi connectivity index (χ3n) is 4.17. The highest BCUT2D eigenvalue weighted by Gasteiger charge is 2.13. The summed E-state index contributed by atoms with van der Waals surface area (Å²) in [5.74, 6) is -0.436. The van der Waals surface area contributed by atoms with Gasteiger partial charge in [-0.15, -0.1) is 0 Å². The van der Waals surface area contributed by atoms with Gasteiger partial charge in [0.25, 0.3) is 11.8 Å². The Morgan fingerprint density at radius 3 is 2.50 bits per heavy atom. The molecule has 1 aromatic heterocycles. The van der Waals surface area contributed by atoms with E-state index in [1.165, 1.54) is 0 Å². The molecule has 1 heterocycles. The van der Waals surface area contributed by atoms with Gasteiger partial charge in [-0.3, -0.25) is 14.6 Å². The maximum absolute atomic E-state index is 12.7. The number of rotatable bonds is 5. The number of amides is 2. The second-order valence-corrected chi connectivity index (χ2v) is 7.15. The number of pyridine rings is 1. The van der Waals surface area contributed by atoms with Crippen LogP contribution in [0.3, 0.4) is 0 Å². The highest BCUT2D eigenvalue weighted by molar-refractivity contribution is 9.10. The second-order valence-electron chi connectivity index (χ2n) is 6.23. The van der Waals surface area contributed by atoms with Gasteiger partial charge in [-0.2, -0.15) is 0 Å². The first-order valence-corrected chi connectivity index (χ1v) is 9.70. The lowest BCUT2D eigenvalue weighted by atomic mass is 10.1. The molecular formula is C22H20BrN3O2. The van der Waals surface area contributed by atoms with E-state index in [4.69, 9.17) is 0 Å². The van der Waals surface area contributed by atoms with Crippen LogP contribution in [0.2, 0.25) is 0 Å². The molecule has 0 spiro atoms. The molecule has 28 heavy (non-hydrogen) atoms. The predicted molar refractivity (Wildman–Crippen MR) is 115 cm³/mol. The molecule has 3 rings (SSSR count). The Labute approximate surface area is 172 Å². The summed E-state index contributed by atoms with van der Waals surface area (Å²) >= 11 is 3.46. The van der Waals surface area contributed by atoms with Crippen LogP contribution in [0.15, 0.2) is 65.1 Å². The fourth-order valence-electron chi connectivity index (χ4n) is 2.81. The lowest BCUT2D eigenvalue weighted by Gasteiger charge is -2.10. The summed E-state index contributed by atoms with van der Waals surface area (Å²) in [6, 6.07) is 18.3. The van der Waals surface area contributed by atoms with Crippen LogP contribution >= 0.6 is 15.9 Å². The number of benzene rings is 2. The summed E-state index contributed by atoms with van der Waals surface area (Å²) in [5.41, 5.74) is 3.95. The normalized spacial score (nSPS) is 10.4. The highest BCUT2D eigenvalue weighted by atomic mass is 79.9. The Morgan fingerprint density at radius 2 is 1.79 bits per heavy atom. The molecule has 0 fully saturated rings. The van der Waals surface area contributed by atoms with E-state index in [1.54, 1.807) is 30.3 Å². The third-order valence-corrected chi connectivity index (χ3v) is 4.66. The van der Waals surface area contributed by atoms with Crippen molar-refractivity contribution in [1.29, 1.82) is 0 Å². The number of carbonyl (C=O) groups is 2. The van der Waals surface area contributed by atoms with Crippen LogP contribution in [-0.2, 0) is 0 Å². The molecule has 6 heteroatoms. The standard InChI is InChI=1S/C22H20BrN3O2/c1-3-24-21(27)16-7-5-9-18(13-16)26-22(28)19-10-11-20(25-14(19)2)15-6-4-8-17(23)12-15/h4-13H,3H2,1-2H3,(H,24,27)(H,26,28). The van der Waals surface area contributed by atoms with E-state index >= 15 is 0 Å². The number of hydrogen-bond acceptors (Lipinski definition) is 3.